The Labute approximate surface area is 111 Å². The van der Waals surface area contributed by atoms with Crippen LogP contribution < -0.4 is 5.32 Å². The van der Waals surface area contributed by atoms with Gasteiger partial charge in [-0.05, 0) is 12.1 Å². The van der Waals surface area contributed by atoms with E-state index >= 15 is 0 Å². The van der Waals surface area contributed by atoms with Crippen molar-refractivity contribution in [3.8, 4) is 12.1 Å². The number of hydrogen-bond donors (Lipinski definition) is 2. The summed E-state index contributed by atoms with van der Waals surface area (Å²) in [5, 5.41) is 19.8. The Balaban J connectivity index is 2.46. The summed E-state index contributed by atoms with van der Waals surface area (Å²) < 4.78 is 37.7. The zero-order chi connectivity index (χ0) is 14.8. The Bertz CT molecular complexity index is 742. The van der Waals surface area contributed by atoms with E-state index in [-0.39, 0.29) is 22.3 Å². The number of benzene rings is 1. The van der Waals surface area contributed by atoms with E-state index in [1.807, 2.05) is 0 Å². The number of halogens is 3. The lowest BCUT2D eigenvalue weighted by molar-refractivity contribution is -0.144. The molecular formula is C12H6F3N5. The summed E-state index contributed by atoms with van der Waals surface area (Å²) in [4.78, 5) is 5.64. The molecule has 5 nitrogen and oxygen atoms in total. The van der Waals surface area contributed by atoms with Gasteiger partial charge in [-0.2, -0.15) is 23.7 Å². The van der Waals surface area contributed by atoms with E-state index in [4.69, 9.17) is 10.5 Å². The second kappa shape index (κ2) is 4.94. The third-order valence-corrected chi connectivity index (χ3v) is 2.39. The molecule has 1 aromatic carbocycles. The number of imidazole rings is 1. The Kier molecular flexibility index (Phi) is 3.32. The van der Waals surface area contributed by atoms with Gasteiger partial charge in [0.1, 0.15) is 23.2 Å². The lowest BCUT2D eigenvalue weighted by Crippen LogP contribution is -2.06. The van der Waals surface area contributed by atoms with Gasteiger partial charge in [0.05, 0.1) is 11.2 Å². The van der Waals surface area contributed by atoms with E-state index in [0.29, 0.717) is 0 Å². The molecule has 0 saturated heterocycles. The molecule has 1 heterocycles. The maximum absolute atomic E-state index is 12.6. The number of aromatic amines is 1. The van der Waals surface area contributed by atoms with E-state index in [9.17, 15) is 13.2 Å². The van der Waals surface area contributed by atoms with Gasteiger partial charge < -0.3 is 10.3 Å². The molecule has 100 valence electrons. The number of para-hydroxylation sites is 1. The Morgan fingerprint density at radius 3 is 2.60 bits per heavy atom. The molecule has 0 bridgehead atoms. The van der Waals surface area contributed by atoms with Gasteiger partial charge in [-0.1, -0.05) is 6.07 Å². The van der Waals surface area contributed by atoms with E-state index < -0.39 is 12.0 Å². The summed E-state index contributed by atoms with van der Waals surface area (Å²) in [6.07, 6.45) is -3.46. The van der Waals surface area contributed by atoms with E-state index in [1.54, 1.807) is 12.1 Å². The molecule has 20 heavy (non-hydrogen) atoms. The van der Waals surface area contributed by atoms with Crippen LogP contribution in [0.3, 0.4) is 0 Å². The summed E-state index contributed by atoms with van der Waals surface area (Å²) >= 11 is 0. The third-order valence-electron chi connectivity index (χ3n) is 2.39. The zero-order valence-corrected chi connectivity index (χ0v) is 9.78. The Morgan fingerprint density at radius 1 is 1.30 bits per heavy atom. The molecule has 2 N–H and O–H groups in total. The van der Waals surface area contributed by atoms with Crippen molar-refractivity contribution in [3.05, 3.63) is 35.8 Å². The minimum atomic E-state index is -4.57. The molecule has 0 radical (unpaired) electrons. The largest absolute Gasteiger partial charge is 0.449 e. The lowest BCUT2D eigenvalue weighted by atomic mass is 10.2. The fourth-order valence-corrected chi connectivity index (χ4v) is 1.52. The SMILES string of the molecule is N#CC(C#N)=CNc1cccc2[nH]c(C(F)(F)F)nc12. The number of alkyl halides is 3. The molecule has 0 atom stereocenters. The van der Waals surface area contributed by atoms with Crippen LogP contribution in [-0.4, -0.2) is 9.97 Å². The highest BCUT2D eigenvalue weighted by atomic mass is 19.4. The van der Waals surface area contributed by atoms with Crippen LogP contribution >= 0.6 is 0 Å². The standard InChI is InChI=1S/C12H6F3N5/c13-12(14,15)11-19-9-3-1-2-8(10(9)20-11)18-6-7(4-16)5-17/h1-3,6,18H,(H,19,20). The molecule has 0 amide bonds. The van der Waals surface area contributed by atoms with Gasteiger partial charge in [0, 0.05) is 6.20 Å². The second-order valence-corrected chi connectivity index (χ2v) is 3.71. The van der Waals surface area contributed by atoms with Crippen LogP contribution in [0.1, 0.15) is 5.82 Å². The van der Waals surface area contributed by atoms with Crippen LogP contribution in [0.2, 0.25) is 0 Å². The summed E-state index contributed by atoms with van der Waals surface area (Å²) in [5.41, 5.74) is 0.336. The number of allylic oxidation sites excluding steroid dienone is 1. The van der Waals surface area contributed by atoms with Gasteiger partial charge in [-0.25, -0.2) is 4.98 Å². The fraction of sp³-hybridized carbons (Fsp3) is 0.0833. The molecule has 0 aliphatic carbocycles. The van der Waals surface area contributed by atoms with Crippen molar-refractivity contribution in [2.24, 2.45) is 0 Å². The molecule has 2 aromatic rings. The average Bonchev–Trinajstić information content (AvgIpc) is 2.84. The van der Waals surface area contributed by atoms with Crippen molar-refractivity contribution in [1.29, 1.82) is 10.5 Å². The van der Waals surface area contributed by atoms with Crippen molar-refractivity contribution in [3.63, 3.8) is 0 Å². The van der Waals surface area contributed by atoms with Crippen molar-refractivity contribution < 1.29 is 13.2 Å². The topological polar surface area (TPSA) is 88.3 Å². The zero-order valence-electron chi connectivity index (χ0n) is 9.78. The second-order valence-electron chi connectivity index (χ2n) is 3.71. The Morgan fingerprint density at radius 2 is 2.00 bits per heavy atom. The number of rotatable bonds is 2. The first-order valence-electron chi connectivity index (χ1n) is 5.28. The number of aromatic nitrogens is 2. The van der Waals surface area contributed by atoms with Crippen LogP contribution in [-0.2, 0) is 6.18 Å². The minimum Gasteiger partial charge on any atom is -0.358 e. The molecule has 1 aromatic heterocycles. The highest BCUT2D eigenvalue weighted by Gasteiger charge is 2.34. The number of nitriles is 2. The number of fused-ring (bicyclic) bond motifs is 1. The highest BCUT2D eigenvalue weighted by Crippen LogP contribution is 2.30. The molecular weight excluding hydrogens is 271 g/mol. The first-order valence-corrected chi connectivity index (χ1v) is 5.28. The van der Waals surface area contributed by atoms with E-state index in [0.717, 1.165) is 6.20 Å². The number of anilines is 1. The van der Waals surface area contributed by atoms with Crippen molar-refractivity contribution in [2.75, 3.05) is 5.32 Å². The van der Waals surface area contributed by atoms with Gasteiger partial charge in [-0.3, -0.25) is 0 Å². The fourth-order valence-electron chi connectivity index (χ4n) is 1.52. The maximum Gasteiger partial charge on any atom is 0.449 e. The Hall–Kier alpha value is -3.00. The molecule has 0 fully saturated rings. The van der Waals surface area contributed by atoms with Crippen molar-refractivity contribution in [2.45, 2.75) is 6.18 Å². The number of nitrogens with zero attached hydrogens (tertiary/aromatic N) is 3. The van der Waals surface area contributed by atoms with Crippen LogP contribution in [0.4, 0.5) is 18.9 Å². The molecule has 2 rings (SSSR count). The summed E-state index contributed by atoms with van der Waals surface area (Å²) in [6, 6.07) is 7.72. The number of hydrogen-bond acceptors (Lipinski definition) is 4. The van der Waals surface area contributed by atoms with E-state index in [1.165, 1.54) is 18.2 Å². The smallest absolute Gasteiger partial charge is 0.358 e. The molecule has 0 spiro atoms. The van der Waals surface area contributed by atoms with Crippen LogP contribution in [0, 0.1) is 22.7 Å². The normalized spacial score (nSPS) is 10.7. The van der Waals surface area contributed by atoms with Crippen molar-refractivity contribution in [1.82, 2.24) is 9.97 Å². The number of H-pyrrole nitrogens is 1. The molecule has 0 aliphatic heterocycles. The van der Waals surface area contributed by atoms with Crippen molar-refractivity contribution >= 4 is 16.7 Å². The van der Waals surface area contributed by atoms with Gasteiger partial charge in [0.2, 0.25) is 5.82 Å². The van der Waals surface area contributed by atoms with Gasteiger partial charge in [0.25, 0.3) is 0 Å². The molecule has 0 saturated carbocycles. The van der Waals surface area contributed by atoms with Gasteiger partial charge >= 0.3 is 6.18 Å². The van der Waals surface area contributed by atoms with Gasteiger partial charge in [0.15, 0.2) is 0 Å². The summed E-state index contributed by atoms with van der Waals surface area (Å²) in [6.45, 7) is 0. The monoisotopic (exact) mass is 277 g/mol. The quantitative estimate of drug-likeness (QED) is 0.826. The first kappa shape index (κ1) is 13.4. The lowest BCUT2D eigenvalue weighted by Gasteiger charge is -2.01. The molecule has 0 aliphatic rings. The summed E-state index contributed by atoms with van der Waals surface area (Å²) in [5.74, 6) is -1.11. The average molecular weight is 277 g/mol. The number of nitrogens with one attached hydrogen (secondary N) is 2. The maximum atomic E-state index is 12.6. The van der Waals surface area contributed by atoms with Gasteiger partial charge in [-0.15, -0.1) is 0 Å². The molecule has 8 heteroatoms. The highest BCUT2D eigenvalue weighted by molar-refractivity contribution is 5.88. The van der Waals surface area contributed by atoms with Crippen LogP contribution in [0.25, 0.3) is 11.0 Å². The minimum absolute atomic E-state index is 0.0753. The predicted octanol–water partition coefficient (Wildman–Crippen LogP) is 2.92. The molecule has 0 unspecified atom stereocenters. The van der Waals surface area contributed by atoms with Crippen LogP contribution in [0.5, 0.6) is 0 Å². The van der Waals surface area contributed by atoms with E-state index in [2.05, 4.69) is 15.3 Å². The third kappa shape index (κ3) is 2.54. The first-order chi connectivity index (χ1) is 9.45. The van der Waals surface area contributed by atoms with Crippen LogP contribution in [0.15, 0.2) is 30.0 Å². The predicted molar refractivity (Wildman–Crippen MR) is 64.0 cm³/mol. The summed E-state index contributed by atoms with van der Waals surface area (Å²) in [7, 11) is 0.